The van der Waals surface area contributed by atoms with Crippen LogP contribution in [0.1, 0.15) is 165 Å². The van der Waals surface area contributed by atoms with Gasteiger partial charge >= 0.3 is 11.9 Å². The van der Waals surface area contributed by atoms with Crippen molar-refractivity contribution in [3.05, 3.63) is 35.9 Å². The number of carbonyl (C=O) groups is 3. The van der Waals surface area contributed by atoms with Crippen molar-refractivity contribution in [1.82, 2.24) is 0 Å². The highest BCUT2D eigenvalue weighted by atomic mass is 32.2. The average Bonchev–Trinajstić information content (AvgIpc) is 3.04. The van der Waals surface area contributed by atoms with Crippen molar-refractivity contribution in [2.45, 2.75) is 155 Å². The molecular weight excluding hydrogens is 568 g/mol. The lowest BCUT2D eigenvalue weighted by Crippen LogP contribution is -2.26. The fourth-order valence-corrected chi connectivity index (χ4v) is 7.23. The Morgan fingerprint density at radius 2 is 0.886 bits per heavy atom. The normalized spacial score (nSPS) is 11.2. The molecule has 5 nitrogen and oxygen atoms in total. The molecule has 0 N–H and O–H groups in total. The number of hydrogen-bond acceptors (Lipinski definition) is 5. The number of carbonyl (C=O) groups excluding carboxylic acids is 3. The predicted molar refractivity (Wildman–Crippen MR) is 188 cm³/mol. The lowest BCUT2D eigenvalue weighted by Gasteiger charge is -2.10. The molecule has 1 rings (SSSR count). The minimum Gasteiger partial charge on any atom is -0.466 e. The Labute approximate surface area is 273 Å². The van der Waals surface area contributed by atoms with Crippen LogP contribution in [0.2, 0.25) is 0 Å². The summed E-state index contributed by atoms with van der Waals surface area (Å²) in [5.41, 5.74) is 0.678. The van der Waals surface area contributed by atoms with Gasteiger partial charge < -0.3 is 9.47 Å². The van der Waals surface area contributed by atoms with Crippen molar-refractivity contribution in [2.75, 3.05) is 30.5 Å². The first-order valence-electron chi connectivity index (χ1n) is 18.1. The maximum Gasteiger partial charge on any atom is 0.310 e. The molecule has 0 radical (unpaired) electrons. The third kappa shape index (κ3) is 24.5. The van der Waals surface area contributed by atoms with Crippen molar-refractivity contribution in [3.8, 4) is 0 Å². The summed E-state index contributed by atoms with van der Waals surface area (Å²) in [6.45, 7) is 5.43. The van der Waals surface area contributed by atoms with E-state index in [-0.39, 0.29) is 41.5 Å². The van der Waals surface area contributed by atoms with Crippen LogP contribution < -0.4 is 0 Å². The van der Waals surface area contributed by atoms with Crippen molar-refractivity contribution in [1.29, 1.82) is 0 Å². The van der Waals surface area contributed by atoms with E-state index in [1.807, 2.05) is 30.3 Å². The third-order valence-electron chi connectivity index (χ3n) is 8.14. The molecule has 1 aromatic carbocycles. The maximum atomic E-state index is 12.9. The van der Waals surface area contributed by atoms with Crippen LogP contribution in [0.3, 0.4) is 0 Å². The van der Waals surface area contributed by atoms with E-state index < -0.39 is 0 Å². The van der Waals surface area contributed by atoms with Gasteiger partial charge in [0.25, 0.3) is 0 Å². The lowest BCUT2D eigenvalue weighted by atomic mass is 10.1. The summed E-state index contributed by atoms with van der Waals surface area (Å²) in [5.74, 6) is 1.15. The molecule has 1 aromatic rings. The highest BCUT2D eigenvalue weighted by Gasteiger charge is 2.26. The summed E-state index contributed by atoms with van der Waals surface area (Å²) in [6.07, 6.45) is 25.5. The highest BCUT2D eigenvalue weighted by Crippen LogP contribution is 2.13. The van der Waals surface area contributed by atoms with E-state index in [0.29, 0.717) is 36.0 Å². The summed E-state index contributed by atoms with van der Waals surface area (Å²) in [5, 5.41) is 0. The highest BCUT2D eigenvalue weighted by molar-refractivity contribution is 7.97. The van der Waals surface area contributed by atoms with Crippen LogP contribution in [0.5, 0.6) is 0 Å². The Hall–Kier alpha value is -1.82. The van der Waals surface area contributed by atoms with E-state index >= 15 is 0 Å². The lowest BCUT2D eigenvalue weighted by molar-refractivity contribution is -0.144. The van der Waals surface area contributed by atoms with E-state index in [0.717, 1.165) is 25.7 Å². The smallest absolute Gasteiger partial charge is 0.310 e. The molecule has 0 spiro atoms. The molecule has 252 valence electrons. The molecule has 0 heterocycles. The number of Topliss-reactive ketones (excluding diaryl/α,β-unsaturated/α-hetero) is 1. The SMILES string of the molecule is CCCCCCCCCCCCOC(=O)CC[S+](CCC(=O)OCCCCCCCCCCCC)CC(=O)c1ccccc1. The van der Waals surface area contributed by atoms with E-state index in [2.05, 4.69) is 13.8 Å². The van der Waals surface area contributed by atoms with Gasteiger partial charge in [0.05, 0.1) is 26.1 Å². The zero-order valence-corrected chi connectivity index (χ0v) is 29.2. The second kappa shape index (κ2) is 29.9. The summed E-state index contributed by atoms with van der Waals surface area (Å²) in [4.78, 5) is 37.8. The van der Waals surface area contributed by atoms with Crippen molar-refractivity contribution >= 4 is 28.6 Å². The molecule has 0 aromatic heterocycles. The van der Waals surface area contributed by atoms with Gasteiger partial charge in [0.1, 0.15) is 11.5 Å². The first-order chi connectivity index (χ1) is 21.6. The zero-order chi connectivity index (χ0) is 31.9. The van der Waals surface area contributed by atoms with Gasteiger partial charge in [0, 0.05) is 5.56 Å². The molecule has 0 aliphatic rings. The van der Waals surface area contributed by atoms with Gasteiger partial charge in [0.2, 0.25) is 5.78 Å². The van der Waals surface area contributed by atoms with Gasteiger partial charge in [-0.15, -0.1) is 0 Å². The predicted octanol–water partition coefficient (Wildman–Crippen LogP) is 10.2. The van der Waals surface area contributed by atoms with E-state index in [1.54, 1.807) is 0 Å². The molecule has 0 bridgehead atoms. The van der Waals surface area contributed by atoms with Gasteiger partial charge in [-0.25, -0.2) is 0 Å². The number of rotatable bonds is 31. The number of unbranched alkanes of at least 4 members (excludes halogenated alkanes) is 18. The van der Waals surface area contributed by atoms with Crippen LogP contribution in [-0.4, -0.2) is 48.2 Å². The number of ketones is 1. The molecular formula is C38H65O5S+. The van der Waals surface area contributed by atoms with Crippen LogP contribution >= 0.6 is 0 Å². The Morgan fingerprint density at radius 3 is 1.27 bits per heavy atom. The maximum absolute atomic E-state index is 12.9. The zero-order valence-electron chi connectivity index (χ0n) is 28.4. The quantitative estimate of drug-likeness (QED) is 0.0352. The Bertz CT molecular complexity index is 786. The first-order valence-corrected chi connectivity index (χ1v) is 19.8. The topological polar surface area (TPSA) is 69.7 Å². The molecule has 0 amide bonds. The van der Waals surface area contributed by atoms with E-state index in [9.17, 15) is 14.4 Å². The molecule has 0 unspecified atom stereocenters. The van der Waals surface area contributed by atoms with Crippen LogP contribution in [0.25, 0.3) is 0 Å². The van der Waals surface area contributed by atoms with Crippen molar-refractivity contribution in [2.24, 2.45) is 0 Å². The minimum absolute atomic E-state index is 0.0615. The molecule has 0 atom stereocenters. The molecule has 0 aliphatic heterocycles. The van der Waals surface area contributed by atoms with Gasteiger partial charge in [-0.05, 0) is 23.7 Å². The van der Waals surface area contributed by atoms with E-state index in [4.69, 9.17) is 9.47 Å². The van der Waals surface area contributed by atoms with Crippen LogP contribution in [0, 0.1) is 0 Å². The molecule has 0 fully saturated rings. The molecule has 0 saturated carbocycles. The summed E-state index contributed by atoms with van der Waals surface area (Å²) in [7, 11) is -0.380. The van der Waals surface area contributed by atoms with Crippen molar-refractivity contribution in [3.63, 3.8) is 0 Å². The molecule has 0 aliphatic carbocycles. The fraction of sp³-hybridized carbons (Fsp3) is 0.763. The fourth-order valence-electron chi connectivity index (χ4n) is 5.29. The number of esters is 2. The molecule has 44 heavy (non-hydrogen) atoms. The summed E-state index contributed by atoms with van der Waals surface area (Å²) >= 11 is 0. The largest absolute Gasteiger partial charge is 0.466 e. The Morgan fingerprint density at radius 1 is 0.523 bits per heavy atom. The van der Waals surface area contributed by atoms with Gasteiger partial charge in [-0.1, -0.05) is 160 Å². The van der Waals surface area contributed by atoms with Gasteiger partial charge in [-0.3, -0.25) is 14.4 Å². The van der Waals surface area contributed by atoms with Gasteiger partial charge in [0.15, 0.2) is 5.75 Å². The number of hydrogen-bond donors (Lipinski definition) is 0. The van der Waals surface area contributed by atoms with Crippen molar-refractivity contribution < 1.29 is 23.9 Å². The molecule has 6 heteroatoms. The standard InChI is InChI=1S/C38H65O5S/c1-3-5-7-9-11-13-15-17-19-24-30-42-37(40)28-32-44(34-36(39)35-26-22-21-23-27-35)33-29-38(41)43-31-25-20-18-16-14-12-10-8-6-4-2/h21-23,26-27H,3-20,24-25,28-34H2,1-2H3/q+1. The van der Waals surface area contributed by atoms with Crippen LogP contribution in [0.4, 0.5) is 0 Å². The second-order valence-electron chi connectivity index (χ2n) is 12.3. The van der Waals surface area contributed by atoms with Crippen LogP contribution in [0.15, 0.2) is 30.3 Å². The first kappa shape index (κ1) is 40.2. The second-order valence-corrected chi connectivity index (χ2v) is 14.6. The van der Waals surface area contributed by atoms with Crippen LogP contribution in [-0.2, 0) is 30.0 Å². The third-order valence-corrected chi connectivity index (χ3v) is 10.4. The van der Waals surface area contributed by atoms with Gasteiger partial charge in [-0.2, -0.15) is 0 Å². The Balaban J connectivity index is 2.26. The van der Waals surface area contributed by atoms with E-state index in [1.165, 1.54) is 103 Å². The minimum atomic E-state index is -0.380. The summed E-state index contributed by atoms with van der Waals surface area (Å²) < 4.78 is 11.0. The summed E-state index contributed by atoms with van der Waals surface area (Å²) in [6, 6.07) is 9.27. The average molecular weight is 634 g/mol. The number of ether oxygens (including phenoxy) is 2. The Kier molecular flexibility index (Phi) is 27.3. The molecule has 0 saturated heterocycles. The number of benzene rings is 1. The monoisotopic (exact) mass is 633 g/mol.